The summed E-state index contributed by atoms with van der Waals surface area (Å²) < 4.78 is 0. The van der Waals surface area contributed by atoms with Gasteiger partial charge in [0.2, 0.25) is 0 Å². The molecule has 0 fully saturated rings. The molecular weight excluding hydrogens is 154 g/mol. The summed E-state index contributed by atoms with van der Waals surface area (Å²) in [6, 6.07) is 4.32. The predicted octanol–water partition coefficient (Wildman–Crippen LogP) is 2.71. The van der Waals surface area contributed by atoms with Crippen LogP contribution in [0.2, 0.25) is 0 Å². The van der Waals surface area contributed by atoms with Gasteiger partial charge in [-0.15, -0.1) is 17.9 Å². The lowest BCUT2D eigenvalue weighted by Crippen LogP contribution is -2.07. The van der Waals surface area contributed by atoms with Gasteiger partial charge in [0, 0.05) is 10.9 Å². The first-order valence-corrected chi connectivity index (χ1v) is 4.62. The van der Waals surface area contributed by atoms with Crippen LogP contribution in [0.15, 0.2) is 30.2 Å². The lowest BCUT2D eigenvalue weighted by Gasteiger charge is -2.06. The standard InChI is InChI=1S/C9H13NS/c1-2-3-5-8(10)9-6-4-7-11-9/h2,4,6-8H,1,3,5,10H2/t8-/m1/s1. The number of allylic oxidation sites excluding steroid dienone is 1. The van der Waals surface area contributed by atoms with Crippen molar-refractivity contribution >= 4 is 11.3 Å². The third-order valence-corrected chi connectivity index (χ3v) is 2.59. The van der Waals surface area contributed by atoms with Crippen LogP contribution >= 0.6 is 11.3 Å². The van der Waals surface area contributed by atoms with Crippen molar-refractivity contribution in [3.8, 4) is 0 Å². The summed E-state index contributed by atoms with van der Waals surface area (Å²) in [5.41, 5.74) is 5.89. The van der Waals surface area contributed by atoms with E-state index in [4.69, 9.17) is 5.73 Å². The Hall–Kier alpha value is -0.600. The van der Waals surface area contributed by atoms with Gasteiger partial charge in [0.15, 0.2) is 0 Å². The molecular formula is C9H13NS. The topological polar surface area (TPSA) is 26.0 Å². The zero-order valence-corrected chi connectivity index (χ0v) is 7.31. The fraction of sp³-hybridized carbons (Fsp3) is 0.333. The molecule has 0 spiro atoms. The van der Waals surface area contributed by atoms with E-state index < -0.39 is 0 Å². The van der Waals surface area contributed by atoms with Crippen LogP contribution in [-0.2, 0) is 0 Å². The molecule has 11 heavy (non-hydrogen) atoms. The number of hydrogen-bond acceptors (Lipinski definition) is 2. The molecule has 0 aliphatic rings. The molecule has 1 aromatic heterocycles. The molecule has 1 atom stereocenters. The molecule has 1 rings (SSSR count). The molecule has 0 aromatic carbocycles. The van der Waals surface area contributed by atoms with Gasteiger partial charge >= 0.3 is 0 Å². The lowest BCUT2D eigenvalue weighted by molar-refractivity contribution is 0.673. The molecule has 0 saturated carbocycles. The highest BCUT2D eigenvalue weighted by Gasteiger charge is 2.04. The van der Waals surface area contributed by atoms with Gasteiger partial charge in [0.1, 0.15) is 0 Å². The normalized spacial score (nSPS) is 12.8. The maximum Gasteiger partial charge on any atom is 0.0392 e. The molecule has 0 amide bonds. The minimum Gasteiger partial charge on any atom is -0.323 e. The van der Waals surface area contributed by atoms with E-state index in [0.717, 1.165) is 12.8 Å². The van der Waals surface area contributed by atoms with Gasteiger partial charge in [0.05, 0.1) is 0 Å². The maximum atomic E-state index is 5.89. The average Bonchev–Trinajstić information content (AvgIpc) is 2.52. The van der Waals surface area contributed by atoms with Crippen LogP contribution in [0.5, 0.6) is 0 Å². The molecule has 2 heteroatoms. The van der Waals surface area contributed by atoms with Gasteiger partial charge in [0.25, 0.3) is 0 Å². The van der Waals surface area contributed by atoms with E-state index in [1.807, 2.05) is 12.1 Å². The Morgan fingerprint density at radius 3 is 3.09 bits per heavy atom. The SMILES string of the molecule is C=CCC[C@@H](N)c1cccs1. The van der Waals surface area contributed by atoms with E-state index in [1.165, 1.54) is 4.88 Å². The van der Waals surface area contributed by atoms with Crippen molar-refractivity contribution in [1.29, 1.82) is 0 Å². The fourth-order valence-corrected chi connectivity index (χ4v) is 1.71. The summed E-state index contributed by atoms with van der Waals surface area (Å²) in [7, 11) is 0. The van der Waals surface area contributed by atoms with E-state index in [-0.39, 0.29) is 6.04 Å². The van der Waals surface area contributed by atoms with Crippen molar-refractivity contribution in [3.05, 3.63) is 35.0 Å². The smallest absolute Gasteiger partial charge is 0.0392 e. The molecule has 0 bridgehead atoms. The highest BCUT2D eigenvalue weighted by Crippen LogP contribution is 2.20. The molecule has 0 saturated heterocycles. The molecule has 0 aliphatic carbocycles. The Bertz CT molecular complexity index is 203. The lowest BCUT2D eigenvalue weighted by atomic mass is 10.1. The van der Waals surface area contributed by atoms with Gasteiger partial charge in [-0.05, 0) is 24.3 Å². The highest BCUT2D eigenvalue weighted by atomic mass is 32.1. The summed E-state index contributed by atoms with van der Waals surface area (Å²) in [4.78, 5) is 1.27. The zero-order valence-electron chi connectivity index (χ0n) is 6.49. The van der Waals surface area contributed by atoms with E-state index in [1.54, 1.807) is 11.3 Å². The Morgan fingerprint density at radius 1 is 1.73 bits per heavy atom. The number of hydrogen-bond donors (Lipinski definition) is 1. The largest absolute Gasteiger partial charge is 0.323 e. The van der Waals surface area contributed by atoms with Crippen LogP contribution < -0.4 is 5.73 Å². The van der Waals surface area contributed by atoms with Crippen molar-refractivity contribution in [1.82, 2.24) is 0 Å². The maximum absolute atomic E-state index is 5.89. The summed E-state index contributed by atoms with van der Waals surface area (Å²) in [5, 5.41) is 2.06. The predicted molar refractivity (Wildman–Crippen MR) is 50.7 cm³/mol. The van der Waals surface area contributed by atoms with Gasteiger partial charge in [-0.2, -0.15) is 0 Å². The molecule has 1 nitrogen and oxygen atoms in total. The molecule has 0 aliphatic heterocycles. The molecule has 2 N–H and O–H groups in total. The van der Waals surface area contributed by atoms with Gasteiger partial charge < -0.3 is 5.73 Å². The van der Waals surface area contributed by atoms with E-state index in [0.29, 0.717) is 0 Å². The first-order valence-electron chi connectivity index (χ1n) is 3.74. The highest BCUT2D eigenvalue weighted by molar-refractivity contribution is 7.10. The summed E-state index contributed by atoms with van der Waals surface area (Å²) in [6.45, 7) is 3.66. The van der Waals surface area contributed by atoms with Crippen LogP contribution in [0.4, 0.5) is 0 Å². The van der Waals surface area contributed by atoms with E-state index in [9.17, 15) is 0 Å². The average molecular weight is 167 g/mol. The second-order valence-corrected chi connectivity index (χ2v) is 3.47. The fourth-order valence-electron chi connectivity index (χ4n) is 0.942. The van der Waals surface area contributed by atoms with Gasteiger partial charge in [-0.25, -0.2) is 0 Å². The van der Waals surface area contributed by atoms with Gasteiger partial charge in [-0.1, -0.05) is 12.1 Å². The zero-order chi connectivity index (χ0) is 8.10. The Morgan fingerprint density at radius 2 is 2.55 bits per heavy atom. The molecule has 60 valence electrons. The molecule has 0 radical (unpaired) electrons. The van der Waals surface area contributed by atoms with Crippen LogP contribution in [0.25, 0.3) is 0 Å². The summed E-state index contributed by atoms with van der Waals surface area (Å²) in [6.07, 6.45) is 3.91. The monoisotopic (exact) mass is 167 g/mol. The van der Waals surface area contributed by atoms with Crippen LogP contribution in [-0.4, -0.2) is 0 Å². The van der Waals surface area contributed by atoms with Crippen molar-refractivity contribution in [2.24, 2.45) is 5.73 Å². The number of nitrogens with two attached hydrogens (primary N) is 1. The van der Waals surface area contributed by atoms with Crippen LogP contribution in [0.3, 0.4) is 0 Å². The second-order valence-electron chi connectivity index (χ2n) is 2.49. The quantitative estimate of drug-likeness (QED) is 0.685. The molecule has 1 aromatic rings. The Labute approximate surface area is 71.5 Å². The Kier molecular flexibility index (Phi) is 3.33. The van der Waals surface area contributed by atoms with Crippen LogP contribution in [0.1, 0.15) is 23.8 Å². The van der Waals surface area contributed by atoms with E-state index in [2.05, 4.69) is 18.0 Å². The third-order valence-electron chi connectivity index (χ3n) is 1.59. The Balaban J connectivity index is 2.42. The number of thiophene rings is 1. The van der Waals surface area contributed by atoms with Crippen molar-refractivity contribution in [3.63, 3.8) is 0 Å². The number of rotatable bonds is 4. The third kappa shape index (κ3) is 2.48. The minimum atomic E-state index is 0.202. The second kappa shape index (κ2) is 4.31. The van der Waals surface area contributed by atoms with Crippen LogP contribution in [0, 0.1) is 0 Å². The summed E-state index contributed by atoms with van der Waals surface area (Å²) in [5.74, 6) is 0. The first-order chi connectivity index (χ1) is 5.34. The van der Waals surface area contributed by atoms with Crippen molar-refractivity contribution < 1.29 is 0 Å². The van der Waals surface area contributed by atoms with Gasteiger partial charge in [-0.3, -0.25) is 0 Å². The molecule has 1 heterocycles. The minimum absolute atomic E-state index is 0.202. The summed E-state index contributed by atoms with van der Waals surface area (Å²) >= 11 is 1.72. The first kappa shape index (κ1) is 8.50. The van der Waals surface area contributed by atoms with Crippen molar-refractivity contribution in [2.75, 3.05) is 0 Å². The van der Waals surface area contributed by atoms with E-state index >= 15 is 0 Å². The van der Waals surface area contributed by atoms with Crippen molar-refractivity contribution in [2.45, 2.75) is 18.9 Å². The molecule has 0 unspecified atom stereocenters.